The Morgan fingerprint density at radius 1 is 0.853 bits per heavy atom. The number of anilines is 1. The molecule has 0 unspecified atom stereocenters. The van der Waals surface area contributed by atoms with Gasteiger partial charge in [0, 0.05) is 37.2 Å². The summed E-state index contributed by atoms with van der Waals surface area (Å²) in [6, 6.07) is 29.8. The number of benzene rings is 3. The summed E-state index contributed by atoms with van der Waals surface area (Å²) in [5.74, 6) is 0.109. The third-order valence-corrected chi connectivity index (χ3v) is 6.74. The maximum Gasteiger partial charge on any atom is 0.410 e. The van der Waals surface area contributed by atoms with Gasteiger partial charge in [0.1, 0.15) is 6.61 Å². The van der Waals surface area contributed by atoms with Crippen LogP contribution in [0.3, 0.4) is 0 Å². The number of nitrogens with zero attached hydrogens (tertiary/aromatic N) is 2. The highest BCUT2D eigenvalue weighted by Gasteiger charge is 2.40. The van der Waals surface area contributed by atoms with E-state index in [0.717, 1.165) is 29.7 Å². The van der Waals surface area contributed by atoms with Crippen LogP contribution in [0, 0.1) is 0 Å². The fourth-order valence-electron chi connectivity index (χ4n) is 4.78. The summed E-state index contributed by atoms with van der Waals surface area (Å²) in [6.45, 7) is 4.01. The monoisotopic (exact) mass is 456 g/mol. The summed E-state index contributed by atoms with van der Waals surface area (Å²) in [7, 11) is 0. The highest BCUT2D eigenvalue weighted by Crippen LogP contribution is 2.39. The Hall–Kier alpha value is -3.60. The first-order chi connectivity index (χ1) is 16.6. The molecule has 0 radical (unpaired) electrons. The molecule has 5 heteroatoms. The molecule has 1 aliphatic rings. The van der Waals surface area contributed by atoms with E-state index in [1.165, 1.54) is 0 Å². The van der Waals surface area contributed by atoms with E-state index in [0.29, 0.717) is 26.1 Å². The number of ether oxygens (including phenoxy) is 1. The number of hydrogen-bond acceptors (Lipinski definition) is 3. The number of rotatable bonds is 7. The minimum absolute atomic E-state index is 0.109. The lowest BCUT2D eigenvalue weighted by atomic mass is 9.70. The number of piperidine rings is 1. The molecular weight excluding hydrogens is 424 g/mol. The van der Waals surface area contributed by atoms with Crippen LogP contribution in [0.4, 0.5) is 10.5 Å². The van der Waals surface area contributed by atoms with Gasteiger partial charge in [0.25, 0.3) is 0 Å². The van der Waals surface area contributed by atoms with Crippen LogP contribution in [0.5, 0.6) is 0 Å². The molecule has 0 aliphatic carbocycles. The average molecular weight is 457 g/mol. The smallest absolute Gasteiger partial charge is 0.410 e. The van der Waals surface area contributed by atoms with Crippen LogP contribution in [0.25, 0.3) is 0 Å². The molecule has 0 atom stereocenters. The van der Waals surface area contributed by atoms with Crippen molar-refractivity contribution in [2.24, 2.45) is 0 Å². The van der Waals surface area contributed by atoms with Crippen LogP contribution in [0.2, 0.25) is 0 Å². The lowest BCUT2D eigenvalue weighted by Crippen LogP contribution is -2.48. The van der Waals surface area contributed by atoms with Crippen molar-refractivity contribution in [3.05, 3.63) is 102 Å². The van der Waals surface area contributed by atoms with Crippen LogP contribution < -0.4 is 4.90 Å². The second-order valence-corrected chi connectivity index (χ2v) is 8.82. The van der Waals surface area contributed by atoms with Crippen molar-refractivity contribution in [1.82, 2.24) is 4.90 Å². The summed E-state index contributed by atoms with van der Waals surface area (Å²) in [5.41, 5.74) is 2.74. The van der Waals surface area contributed by atoms with E-state index in [9.17, 15) is 9.59 Å². The molecule has 4 rings (SSSR count). The zero-order valence-corrected chi connectivity index (χ0v) is 19.7. The molecule has 1 fully saturated rings. The largest absolute Gasteiger partial charge is 0.445 e. The number of para-hydroxylation sites is 1. The van der Waals surface area contributed by atoms with E-state index in [1.54, 1.807) is 4.90 Å². The Labute approximate surface area is 202 Å². The van der Waals surface area contributed by atoms with E-state index in [1.807, 2.05) is 90.7 Å². The lowest BCUT2D eigenvalue weighted by Gasteiger charge is -2.42. The molecule has 0 bridgehead atoms. The molecule has 0 spiro atoms. The van der Waals surface area contributed by atoms with Gasteiger partial charge >= 0.3 is 6.09 Å². The fourth-order valence-corrected chi connectivity index (χ4v) is 4.78. The number of carbonyl (C=O) groups excluding carboxylic acids is 2. The predicted octanol–water partition coefficient (Wildman–Crippen LogP) is 5.80. The van der Waals surface area contributed by atoms with Gasteiger partial charge < -0.3 is 14.5 Å². The van der Waals surface area contributed by atoms with Gasteiger partial charge in [-0.3, -0.25) is 4.79 Å². The SMILES string of the molecule is CCN(C(=O)CC1(c2ccccc2)CCN(C(=O)OCc2ccccc2)CC1)c1ccccc1. The molecule has 1 aliphatic heterocycles. The van der Waals surface area contributed by atoms with Crippen molar-refractivity contribution in [2.75, 3.05) is 24.5 Å². The van der Waals surface area contributed by atoms with Crippen LogP contribution >= 0.6 is 0 Å². The van der Waals surface area contributed by atoms with E-state index in [-0.39, 0.29) is 24.0 Å². The summed E-state index contributed by atoms with van der Waals surface area (Å²) in [5, 5.41) is 0. The van der Waals surface area contributed by atoms with Crippen LogP contribution in [-0.2, 0) is 21.6 Å². The van der Waals surface area contributed by atoms with Gasteiger partial charge in [0.05, 0.1) is 0 Å². The van der Waals surface area contributed by atoms with E-state index in [4.69, 9.17) is 4.74 Å². The Morgan fingerprint density at radius 2 is 1.41 bits per heavy atom. The van der Waals surface area contributed by atoms with Crippen LogP contribution in [-0.4, -0.2) is 36.5 Å². The molecule has 0 aromatic heterocycles. The number of amides is 2. The standard InChI is InChI=1S/C29H32N2O3/c1-2-31(26-16-10-5-11-17-26)27(32)22-29(25-14-8-4-9-15-25)18-20-30(21-19-29)28(33)34-23-24-12-6-3-7-13-24/h3-17H,2,18-23H2,1H3. The molecular formula is C29H32N2O3. The van der Waals surface area contributed by atoms with Crippen molar-refractivity contribution in [1.29, 1.82) is 0 Å². The third kappa shape index (κ3) is 5.48. The van der Waals surface area contributed by atoms with Crippen molar-refractivity contribution in [3.8, 4) is 0 Å². The molecule has 1 heterocycles. The number of likely N-dealkylation sites (tertiary alicyclic amines) is 1. The highest BCUT2D eigenvalue weighted by atomic mass is 16.6. The summed E-state index contributed by atoms with van der Waals surface area (Å²) in [6.07, 6.45) is 1.55. The van der Waals surface area contributed by atoms with E-state index < -0.39 is 0 Å². The van der Waals surface area contributed by atoms with Crippen molar-refractivity contribution in [2.45, 2.75) is 38.2 Å². The zero-order valence-electron chi connectivity index (χ0n) is 19.7. The first-order valence-corrected chi connectivity index (χ1v) is 12.0. The minimum atomic E-state index is -0.309. The van der Waals surface area contributed by atoms with Gasteiger partial charge in [-0.2, -0.15) is 0 Å². The molecule has 34 heavy (non-hydrogen) atoms. The Balaban J connectivity index is 1.46. The molecule has 5 nitrogen and oxygen atoms in total. The van der Waals surface area contributed by atoms with Gasteiger partial charge in [-0.25, -0.2) is 4.79 Å². The normalized spacial score (nSPS) is 14.9. The maximum absolute atomic E-state index is 13.5. The van der Waals surface area contributed by atoms with Crippen molar-refractivity contribution in [3.63, 3.8) is 0 Å². The molecule has 2 amide bonds. The number of hydrogen-bond donors (Lipinski definition) is 0. The van der Waals surface area contributed by atoms with E-state index >= 15 is 0 Å². The van der Waals surface area contributed by atoms with Crippen molar-refractivity contribution < 1.29 is 14.3 Å². The quantitative estimate of drug-likeness (QED) is 0.451. The predicted molar refractivity (Wildman–Crippen MR) is 135 cm³/mol. The fraction of sp³-hybridized carbons (Fsp3) is 0.310. The van der Waals surface area contributed by atoms with Gasteiger partial charge in [-0.1, -0.05) is 78.9 Å². The molecule has 0 saturated carbocycles. The molecule has 3 aromatic rings. The maximum atomic E-state index is 13.5. The minimum Gasteiger partial charge on any atom is -0.445 e. The second-order valence-electron chi connectivity index (χ2n) is 8.82. The zero-order chi connectivity index (χ0) is 23.8. The van der Waals surface area contributed by atoms with Gasteiger partial charge in [-0.15, -0.1) is 0 Å². The van der Waals surface area contributed by atoms with Gasteiger partial charge in [0.15, 0.2) is 0 Å². The van der Waals surface area contributed by atoms with Crippen LogP contribution in [0.1, 0.15) is 37.3 Å². The van der Waals surface area contributed by atoms with Gasteiger partial charge in [-0.05, 0) is 43.0 Å². The molecule has 176 valence electrons. The molecule has 3 aromatic carbocycles. The Morgan fingerprint density at radius 3 is 2.00 bits per heavy atom. The second kappa shape index (κ2) is 11.0. The molecule has 1 saturated heterocycles. The first kappa shape index (κ1) is 23.6. The summed E-state index contributed by atoms with van der Waals surface area (Å²) in [4.78, 5) is 29.8. The van der Waals surface area contributed by atoms with Crippen molar-refractivity contribution >= 4 is 17.7 Å². The lowest BCUT2D eigenvalue weighted by molar-refractivity contribution is -0.120. The van der Waals surface area contributed by atoms with Gasteiger partial charge in [0.2, 0.25) is 5.91 Å². The molecule has 0 N–H and O–H groups in total. The first-order valence-electron chi connectivity index (χ1n) is 12.0. The number of carbonyl (C=O) groups is 2. The summed E-state index contributed by atoms with van der Waals surface area (Å²) < 4.78 is 5.55. The Kier molecular flexibility index (Phi) is 7.63. The Bertz CT molecular complexity index is 1060. The summed E-state index contributed by atoms with van der Waals surface area (Å²) >= 11 is 0. The topological polar surface area (TPSA) is 49.9 Å². The average Bonchev–Trinajstić information content (AvgIpc) is 2.90. The van der Waals surface area contributed by atoms with Crippen LogP contribution in [0.15, 0.2) is 91.0 Å². The third-order valence-electron chi connectivity index (χ3n) is 6.74. The highest BCUT2D eigenvalue weighted by molar-refractivity contribution is 5.94. The van der Waals surface area contributed by atoms with E-state index in [2.05, 4.69) is 12.1 Å².